The number of nitrogens with zero attached hydrogens (tertiary/aromatic N) is 2. The number of hydrogen-bond acceptors (Lipinski definition) is 7. The van der Waals surface area contributed by atoms with Gasteiger partial charge >= 0.3 is 5.97 Å². The zero-order valence-corrected chi connectivity index (χ0v) is 17.7. The van der Waals surface area contributed by atoms with Crippen LogP contribution in [0.25, 0.3) is 0 Å². The summed E-state index contributed by atoms with van der Waals surface area (Å²) in [7, 11) is -2.77. The standard InChI is InChI=1S/C19H21ClN4O5S/c1-29-19(26)15-9-14(30(21,27)28)5-6-16(15)24-8-2-3-12(11-24)18(25)23-17-7-4-13(20)10-22-17/h4-7,9-10,12H,2-3,8,11H2,1H3,(H2,21,27,28)(H,22,23,25). The van der Waals surface area contributed by atoms with Crippen LogP contribution in [0.4, 0.5) is 11.5 Å². The van der Waals surface area contributed by atoms with Crippen LogP contribution in [-0.2, 0) is 19.6 Å². The van der Waals surface area contributed by atoms with Gasteiger partial charge in [-0.1, -0.05) is 11.6 Å². The van der Waals surface area contributed by atoms with Crippen LogP contribution in [0.15, 0.2) is 41.4 Å². The van der Waals surface area contributed by atoms with Gasteiger partial charge in [0.05, 0.1) is 34.2 Å². The fraction of sp³-hybridized carbons (Fsp3) is 0.316. The molecular formula is C19H21ClN4O5S. The number of sulfonamides is 1. The highest BCUT2D eigenvalue weighted by atomic mass is 35.5. The fourth-order valence-corrected chi connectivity index (χ4v) is 3.98. The van der Waals surface area contributed by atoms with Gasteiger partial charge in [0.15, 0.2) is 0 Å². The van der Waals surface area contributed by atoms with Crippen LogP contribution in [0, 0.1) is 5.92 Å². The normalized spacial score (nSPS) is 16.8. The van der Waals surface area contributed by atoms with Crippen molar-refractivity contribution in [1.29, 1.82) is 0 Å². The van der Waals surface area contributed by atoms with Gasteiger partial charge in [0.25, 0.3) is 0 Å². The van der Waals surface area contributed by atoms with Crippen molar-refractivity contribution in [2.75, 3.05) is 30.4 Å². The number of benzene rings is 1. The zero-order chi connectivity index (χ0) is 21.9. The van der Waals surface area contributed by atoms with Crippen molar-refractivity contribution in [3.05, 3.63) is 47.1 Å². The van der Waals surface area contributed by atoms with E-state index in [9.17, 15) is 18.0 Å². The SMILES string of the molecule is COC(=O)c1cc(S(N)(=O)=O)ccc1N1CCCC(C(=O)Nc2ccc(Cl)cn2)C1. The van der Waals surface area contributed by atoms with Crippen LogP contribution in [0.2, 0.25) is 5.02 Å². The number of piperidine rings is 1. The number of aromatic nitrogens is 1. The van der Waals surface area contributed by atoms with E-state index in [0.29, 0.717) is 42.5 Å². The van der Waals surface area contributed by atoms with Crippen molar-refractivity contribution in [3.63, 3.8) is 0 Å². The molecule has 1 aliphatic heterocycles. The van der Waals surface area contributed by atoms with E-state index in [0.717, 1.165) is 0 Å². The highest BCUT2D eigenvalue weighted by Crippen LogP contribution is 2.29. The molecule has 0 saturated carbocycles. The Balaban J connectivity index is 1.82. The van der Waals surface area contributed by atoms with E-state index in [2.05, 4.69) is 10.3 Å². The molecule has 9 nitrogen and oxygen atoms in total. The first-order valence-electron chi connectivity index (χ1n) is 9.11. The molecule has 11 heteroatoms. The quantitative estimate of drug-likeness (QED) is 0.663. The molecule has 1 aromatic carbocycles. The first-order valence-corrected chi connectivity index (χ1v) is 11.0. The second-order valence-electron chi connectivity index (χ2n) is 6.85. The minimum Gasteiger partial charge on any atom is -0.465 e. The van der Waals surface area contributed by atoms with E-state index in [1.807, 2.05) is 4.90 Å². The number of anilines is 2. The number of pyridine rings is 1. The van der Waals surface area contributed by atoms with Crippen molar-refractivity contribution in [1.82, 2.24) is 4.98 Å². The van der Waals surface area contributed by atoms with Gasteiger partial charge in [-0.05, 0) is 43.2 Å². The summed E-state index contributed by atoms with van der Waals surface area (Å²) in [5.41, 5.74) is 0.556. The summed E-state index contributed by atoms with van der Waals surface area (Å²) < 4.78 is 28.1. The predicted octanol–water partition coefficient (Wildman–Crippen LogP) is 2.02. The number of ether oxygens (including phenoxy) is 1. The van der Waals surface area contributed by atoms with Crippen LogP contribution >= 0.6 is 11.6 Å². The molecule has 2 heterocycles. The Morgan fingerprint density at radius 3 is 2.70 bits per heavy atom. The molecule has 1 saturated heterocycles. The Kier molecular flexibility index (Phi) is 6.59. The lowest BCUT2D eigenvalue weighted by atomic mass is 9.96. The maximum atomic E-state index is 12.7. The lowest BCUT2D eigenvalue weighted by Gasteiger charge is -2.34. The Labute approximate surface area is 179 Å². The molecule has 3 N–H and O–H groups in total. The molecule has 160 valence electrons. The third kappa shape index (κ3) is 5.07. The Morgan fingerprint density at radius 1 is 1.30 bits per heavy atom. The molecular weight excluding hydrogens is 432 g/mol. The molecule has 1 aliphatic rings. The molecule has 2 aromatic rings. The predicted molar refractivity (Wildman–Crippen MR) is 112 cm³/mol. The molecule has 1 unspecified atom stereocenters. The molecule has 0 radical (unpaired) electrons. The van der Waals surface area contributed by atoms with Crippen LogP contribution in [0.3, 0.4) is 0 Å². The van der Waals surface area contributed by atoms with Crippen molar-refractivity contribution >= 4 is 45.0 Å². The first kappa shape index (κ1) is 22.0. The first-order chi connectivity index (χ1) is 14.2. The highest BCUT2D eigenvalue weighted by Gasteiger charge is 2.29. The molecule has 0 aliphatic carbocycles. The Morgan fingerprint density at radius 2 is 2.07 bits per heavy atom. The number of rotatable bonds is 5. The second-order valence-corrected chi connectivity index (χ2v) is 8.85. The largest absolute Gasteiger partial charge is 0.465 e. The lowest BCUT2D eigenvalue weighted by Crippen LogP contribution is -2.41. The number of amides is 1. The Hall–Kier alpha value is -2.69. The number of methoxy groups -OCH3 is 1. The van der Waals surface area contributed by atoms with Crippen LogP contribution in [-0.4, -0.2) is 45.5 Å². The van der Waals surface area contributed by atoms with Crippen molar-refractivity contribution in [2.24, 2.45) is 11.1 Å². The number of hydrogen-bond donors (Lipinski definition) is 2. The third-order valence-corrected chi connectivity index (χ3v) is 5.95. The van der Waals surface area contributed by atoms with Gasteiger partial charge in [0, 0.05) is 19.3 Å². The van der Waals surface area contributed by atoms with E-state index in [4.69, 9.17) is 21.5 Å². The van der Waals surface area contributed by atoms with Crippen molar-refractivity contribution < 1.29 is 22.7 Å². The minimum atomic E-state index is -3.98. The van der Waals surface area contributed by atoms with Gasteiger partial charge in [0.1, 0.15) is 5.82 Å². The summed E-state index contributed by atoms with van der Waals surface area (Å²) in [4.78, 5) is 30.7. The zero-order valence-electron chi connectivity index (χ0n) is 16.2. The summed E-state index contributed by atoms with van der Waals surface area (Å²) in [5.74, 6) is -0.836. The maximum Gasteiger partial charge on any atom is 0.340 e. The van der Waals surface area contributed by atoms with Gasteiger partial charge in [-0.3, -0.25) is 4.79 Å². The van der Waals surface area contributed by atoms with Gasteiger partial charge in [-0.25, -0.2) is 23.3 Å². The number of esters is 1. The summed E-state index contributed by atoms with van der Waals surface area (Å²) in [5, 5.41) is 8.41. The van der Waals surface area contributed by atoms with Gasteiger partial charge in [-0.2, -0.15) is 0 Å². The van der Waals surface area contributed by atoms with E-state index in [1.165, 1.54) is 31.5 Å². The van der Waals surface area contributed by atoms with Crippen LogP contribution in [0.5, 0.6) is 0 Å². The average molecular weight is 453 g/mol. The maximum absolute atomic E-state index is 12.7. The molecule has 1 amide bonds. The molecule has 1 atom stereocenters. The van der Waals surface area contributed by atoms with Gasteiger partial charge in [-0.15, -0.1) is 0 Å². The second kappa shape index (κ2) is 8.99. The monoisotopic (exact) mass is 452 g/mol. The molecule has 1 fully saturated rings. The average Bonchev–Trinajstić information content (AvgIpc) is 2.73. The minimum absolute atomic E-state index is 0.0736. The number of carbonyl (C=O) groups is 2. The van der Waals surface area contributed by atoms with Crippen molar-refractivity contribution in [3.8, 4) is 0 Å². The molecule has 1 aromatic heterocycles. The number of carbonyl (C=O) groups excluding carboxylic acids is 2. The third-order valence-electron chi connectivity index (χ3n) is 4.81. The van der Waals surface area contributed by atoms with Crippen LogP contribution in [0.1, 0.15) is 23.2 Å². The molecule has 30 heavy (non-hydrogen) atoms. The lowest BCUT2D eigenvalue weighted by molar-refractivity contribution is -0.120. The number of halogens is 1. The fourth-order valence-electron chi connectivity index (χ4n) is 3.33. The number of nitrogens with two attached hydrogens (primary N) is 1. The summed E-state index contributed by atoms with van der Waals surface area (Å²) >= 11 is 5.81. The summed E-state index contributed by atoms with van der Waals surface area (Å²) in [6, 6.07) is 7.28. The van der Waals surface area contributed by atoms with Crippen LogP contribution < -0.4 is 15.4 Å². The van der Waals surface area contributed by atoms with Crippen molar-refractivity contribution in [2.45, 2.75) is 17.7 Å². The van der Waals surface area contributed by atoms with E-state index in [-0.39, 0.29) is 22.3 Å². The van der Waals surface area contributed by atoms with E-state index >= 15 is 0 Å². The summed E-state index contributed by atoms with van der Waals surface area (Å²) in [6.45, 7) is 0.944. The smallest absolute Gasteiger partial charge is 0.340 e. The highest BCUT2D eigenvalue weighted by molar-refractivity contribution is 7.89. The van der Waals surface area contributed by atoms with E-state index < -0.39 is 16.0 Å². The van der Waals surface area contributed by atoms with Gasteiger partial charge in [0.2, 0.25) is 15.9 Å². The number of nitrogens with one attached hydrogen (secondary N) is 1. The summed E-state index contributed by atoms with van der Waals surface area (Å²) in [6.07, 6.45) is 2.82. The number of primary sulfonamides is 1. The van der Waals surface area contributed by atoms with Gasteiger partial charge < -0.3 is 15.0 Å². The molecule has 0 bridgehead atoms. The molecule has 0 spiro atoms. The topological polar surface area (TPSA) is 132 Å². The molecule has 3 rings (SSSR count). The Bertz CT molecular complexity index is 1060. The van der Waals surface area contributed by atoms with E-state index in [1.54, 1.807) is 12.1 Å².